The van der Waals surface area contributed by atoms with Crippen LogP contribution in [0.2, 0.25) is 10.0 Å². The Morgan fingerprint density at radius 3 is 1.67 bits per heavy atom. The summed E-state index contributed by atoms with van der Waals surface area (Å²) in [6.07, 6.45) is 9.54. The van der Waals surface area contributed by atoms with Crippen molar-refractivity contribution >= 4 is 35.1 Å². The third kappa shape index (κ3) is 17.7. The molecule has 396 valence electrons. The lowest BCUT2D eigenvalue weighted by atomic mass is 9.67. The molecule has 0 saturated heterocycles. The highest BCUT2D eigenvalue weighted by Gasteiger charge is 2.50. The number of benzene rings is 4. The highest BCUT2D eigenvalue weighted by atomic mass is 35.5. The van der Waals surface area contributed by atoms with Crippen molar-refractivity contribution in [3.8, 4) is 0 Å². The quantitative estimate of drug-likeness (QED) is 0.0402. The molecule has 2 saturated carbocycles. The number of halogens is 2. The summed E-state index contributed by atoms with van der Waals surface area (Å²) in [6.45, 7) is 18.2. The molecule has 4 aromatic carbocycles. The number of carbonyl (C=O) groups is 2. The molecule has 0 heterocycles. The van der Waals surface area contributed by atoms with Crippen molar-refractivity contribution in [1.82, 2.24) is 5.32 Å². The van der Waals surface area contributed by atoms with Crippen LogP contribution >= 0.6 is 23.2 Å². The number of esters is 1. The van der Waals surface area contributed by atoms with E-state index in [0.29, 0.717) is 44.0 Å². The van der Waals surface area contributed by atoms with Crippen LogP contribution in [0.1, 0.15) is 146 Å². The van der Waals surface area contributed by atoms with Gasteiger partial charge in [-0.1, -0.05) is 150 Å². The van der Waals surface area contributed by atoms with Gasteiger partial charge in [0.1, 0.15) is 0 Å². The molecule has 0 aliphatic heterocycles. The van der Waals surface area contributed by atoms with E-state index in [1.165, 1.54) is 11.1 Å². The molecule has 9 nitrogen and oxygen atoms in total. The van der Waals surface area contributed by atoms with E-state index in [9.17, 15) is 19.8 Å². The summed E-state index contributed by atoms with van der Waals surface area (Å²) in [5.41, 5.74) is 12.9. The van der Waals surface area contributed by atoms with Crippen LogP contribution in [0.25, 0.3) is 0 Å². The largest absolute Gasteiger partial charge is 0.466 e. The van der Waals surface area contributed by atoms with Gasteiger partial charge in [-0.2, -0.15) is 0 Å². The van der Waals surface area contributed by atoms with Gasteiger partial charge in [0.25, 0.3) is 0 Å². The van der Waals surface area contributed by atoms with Crippen molar-refractivity contribution in [3.05, 3.63) is 140 Å². The summed E-state index contributed by atoms with van der Waals surface area (Å²) in [5.74, 6) is -0.00142. The van der Waals surface area contributed by atoms with E-state index in [1.807, 2.05) is 60.7 Å². The first-order valence-corrected chi connectivity index (χ1v) is 27.3. The van der Waals surface area contributed by atoms with E-state index < -0.39 is 11.0 Å². The van der Waals surface area contributed by atoms with E-state index >= 15 is 0 Å². The first-order chi connectivity index (χ1) is 34.3. The van der Waals surface area contributed by atoms with Gasteiger partial charge < -0.3 is 35.5 Å². The molecule has 0 aromatic heterocycles. The summed E-state index contributed by atoms with van der Waals surface area (Å²) in [7, 11) is 0. The second kappa shape index (κ2) is 28.2. The summed E-state index contributed by atoms with van der Waals surface area (Å²) in [6, 6.07) is 32.8. The van der Waals surface area contributed by atoms with Crippen molar-refractivity contribution in [1.29, 1.82) is 0 Å². The first-order valence-electron chi connectivity index (χ1n) is 26.5. The van der Waals surface area contributed by atoms with Crippen molar-refractivity contribution in [2.24, 2.45) is 40.2 Å². The van der Waals surface area contributed by atoms with E-state index in [1.54, 1.807) is 6.92 Å². The minimum atomic E-state index is -0.556. The van der Waals surface area contributed by atoms with E-state index in [-0.39, 0.29) is 73.1 Å². The SMILES string of the molecule is CC(C)(C)CCc1ccc(C2(N)CCC(CCOCc3ccccc3)C2CO)cc1Cl.CCOC(=O)CCNC(=O)CC1(c2ccc(CCC(C)(C)C)c(Cl)c2)CCC(CCOCc2ccccc2)C1CO. The molecule has 2 aliphatic rings. The number of aliphatic hydroxyl groups is 2. The van der Waals surface area contributed by atoms with Crippen LogP contribution in [0, 0.1) is 34.5 Å². The number of rotatable bonds is 24. The highest BCUT2D eigenvalue weighted by Crippen LogP contribution is 2.53. The number of carbonyl (C=O) groups excluding carboxylic acids is 2. The number of aryl methyl sites for hydroxylation is 2. The van der Waals surface area contributed by atoms with Gasteiger partial charge in [0.05, 0.1) is 26.2 Å². The molecule has 4 aromatic rings. The smallest absolute Gasteiger partial charge is 0.307 e. The zero-order valence-electron chi connectivity index (χ0n) is 44.5. The number of hydrogen-bond donors (Lipinski definition) is 4. The fourth-order valence-corrected chi connectivity index (χ4v) is 11.4. The molecule has 0 spiro atoms. The lowest BCUT2D eigenvalue weighted by Crippen LogP contribution is -2.43. The molecule has 2 fully saturated rings. The third-order valence-corrected chi connectivity index (χ3v) is 15.9. The number of aliphatic hydroxyl groups excluding tert-OH is 2. The van der Waals surface area contributed by atoms with E-state index in [2.05, 4.69) is 83.3 Å². The molecular weight excluding hydrogens is 944 g/mol. The Bertz CT molecular complexity index is 2260. The van der Waals surface area contributed by atoms with Crippen molar-refractivity contribution in [2.45, 2.75) is 150 Å². The third-order valence-electron chi connectivity index (χ3n) is 15.2. The molecule has 0 bridgehead atoms. The molecule has 0 radical (unpaired) electrons. The highest BCUT2D eigenvalue weighted by molar-refractivity contribution is 6.31. The number of nitrogens with one attached hydrogen (secondary N) is 1. The minimum absolute atomic E-state index is 0.0179. The normalized spacial score (nSPS) is 22.1. The van der Waals surface area contributed by atoms with Crippen molar-refractivity contribution < 1.29 is 34.0 Å². The fourth-order valence-electron chi connectivity index (χ4n) is 10.9. The number of nitrogens with two attached hydrogens (primary N) is 1. The Hall–Kier alpha value is -3.80. The number of ether oxygens (including phenoxy) is 3. The number of hydrogen-bond acceptors (Lipinski definition) is 8. The predicted molar refractivity (Wildman–Crippen MR) is 293 cm³/mol. The van der Waals surface area contributed by atoms with Crippen molar-refractivity contribution in [3.63, 3.8) is 0 Å². The maximum absolute atomic E-state index is 13.3. The average molecular weight is 1030 g/mol. The Morgan fingerprint density at radius 1 is 0.694 bits per heavy atom. The molecule has 72 heavy (non-hydrogen) atoms. The summed E-state index contributed by atoms with van der Waals surface area (Å²) in [5, 5.41) is 25.3. The topological polar surface area (TPSA) is 140 Å². The van der Waals surface area contributed by atoms with Gasteiger partial charge in [0.2, 0.25) is 5.91 Å². The second-order valence-corrected chi connectivity index (χ2v) is 23.7. The molecule has 5 N–H and O–H groups in total. The van der Waals surface area contributed by atoms with Crippen LogP contribution in [0.4, 0.5) is 0 Å². The Kier molecular flexibility index (Phi) is 23.1. The maximum Gasteiger partial charge on any atom is 0.307 e. The van der Waals surface area contributed by atoms with E-state index in [4.69, 9.17) is 43.1 Å². The molecular formula is C61H86Cl2N2O7. The lowest BCUT2D eigenvalue weighted by Gasteiger charge is -2.37. The summed E-state index contributed by atoms with van der Waals surface area (Å²) < 4.78 is 16.9. The molecule has 1 amide bonds. The fraction of sp³-hybridized carbons (Fsp3) is 0.574. The standard InChI is InChI=1S/C34H48ClNO5.C27H38ClNO2/c1-5-41-32(39)15-19-36-31(38)22-34(28-12-11-27(30(35)21-28)13-17-33(2,3)4)18-14-26(29(34)23-37)16-20-40-24-25-9-7-6-8-10-25;1-26(2,3)14-11-22-9-10-23(17-25(22)28)27(29)15-12-21(24(27)18-30)13-16-31-19-20-7-5-4-6-8-20/h6-12,21,26,29,37H,5,13-20,22-24H2,1-4H3,(H,36,38);4-10,17,21,24,30H,11-16,18-19,29H2,1-3H3. The van der Waals surface area contributed by atoms with Gasteiger partial charge in [-0.25, -0.2) is 0 Å². The molecule has 6 rings (SSSR count). The second-order valence-electron chi connectivity index (χ2n) is 22.8. The predicted octanol–water partition coefficient (Wildman–Crippen LogP) is 12.7. The van der Waals surface area contributed by atoms with Gasteiger partial charge in [-0.05, 0) is 145 Å². The minimum Gasteiger partial charge on any atom is -0.466 e. The van der Waals surface area contributed by atoms with E-state index in [0.717, 1.165) is 91.5 Å². The zero-order valence-corrected chi connectivity index (χ0v) is 46.0. The maximum atomic E-state index is 13.3. The van der Waals surface area contributed by atoms with Crippen LogP contribution in [0.15, 0.2) is 97.1 Å². The molecule has 11 heteroatoms. The van der Waals surface area contributed by atoms with Gasteiger partial charge in [-0.15, -0.1) is 0 Å². The van der Waals surface area contributed by atoms with Gasteiger partial charge in [-0.3, -0.25) is 9.59 Å². The molecule has 6 unspecified atom stereocenters. The Morgan fingerprint density at radius 2 is 1.18 bits per heavy atom. The first kappa shape index (κ1) is 59.1. The van der Waals surface area contributed by atoms with Crippen LogP contribution < -0.4 is 11.1 Å². The van der Waals surface area contributed by atoms with Crippen LogP contribution in [-0.2, 0) is 60.8 Å². The van der Waals surface area contributed by atoms with Gasteiger partial charge in [0.15, 0.2) is 0 Å². The molecule has 6 atom stereocenters. The zero-order chi connectivity index (χ0) is 52.4. The monoisotopic (exact) mass is 1030 g/mol. The number of amides is 1. The summed E-state index contributed by atoms with van der Waals surface area (Å²) >= 11 is 13.5. The molecule has 2 aliphatic carbocycles. The van der Waals surface area contributed by atoms with Gasteiger partial charge in [0, 0.05) is 66.3 Å². The van der Waals surface area contributed by atoms with Crippen LogP contribution in [0.3, 0.4) is 0 Å². The average Bonchev–Trinajstić information content (AvgIpc) is 3.87. The lowest BCUT2D eigenvalue weighted by molar-refractivity contribution is -0.143. The van der Waals surface area contributed by atoms with Gasteiger partial charge >= 0.3 is 5.97 Å². The Balaban J connectivity index is 0.000000278. The van der Waals surface area contributed by atoms with Crippen molar-refractivity contribution in [2.75, 3.05) is 39.6 Å². The Labute approximate surface area is 442 Å². The van der Waals surface area contributed by atoms with Crippen LogP contribution in [0.5, 0.6) is 0 Å². The summed E-state index contributed by atoms with van der Waals surface area (Å²) in [4.78, 5) is 25.0. The van der Waals surface area contributed by atoms with Crippen LogP contribution in [-0.4, -0.2) is 61.7 Å².